The minimum atomic E-state index is -0.847. The van der Waals surface area contributed by atoms with Crippen LogP contribution in [0.3, 0.4) is 0 Å². The molecule has 0 radical (unpaired) electrons. The van der Waals surface area contributed by atoms with E-state index in [0.717, 1.165) is 48.2 Å². The molecule has 0 spiro atoms. The number of aryl methyl sites for hydroxylation is 1. The minimum absolute atomic E-state index is 0.00651. The van der Waals surface area contributed by atoms with Crippen LogP contribution in [0.4, 0.5) is 5.82 Å². The highest BCUT2D eigenvalue weighted by Gasteiger charge is 2.45. The number of nitrogens with two attached hydrogens (primary N) is 1. The van der Waals surface area contributed by atoms with Crippen molar-refractivity contribution in [2.75, 3.05) is 18.8 Å². The highest BCUT2D eigenvalue weighted by Crippen LogP contribution is 2.41. The fourth-order valence-corrected chi connectivity index (χ4v) is 7.18. The Morgan fingerprint density at radius 3 is 2.62 bits per heavy atom. The molecule has 0 unspecified atom stereocenters. The molecule has 0 amide bonds. The highest BCUT2D eigenvalue weighted by molar-refractivity contribution is 5.86. The van der Waals surface area contributed by atoms with Crippen molar-refractivity contribution in [3.63, 3.8) is 0 Å². The van der Waals surface area contributed by atoms with Gasteiger partial charge in [0.15, 0.2) is 0 Å². The van der Waals surface area contributed by atoms with Crippen LogP contribution >= 0.6 is 0 Å². The van der Waals surface area contributed by atoms with Crippen LogP contribution < -0.4 is 5.73 Å². The first-order valence-electron chi connectivity index (χ1n) is 15.6. The lowest BCUT2D eigenvalue weighted by Gasteiger charge is -2.45. The largest absolute Gasteiger partial charge is 0.390 e. The Kier molecular flexibility index (Phi) is 7.79. The standard InChI is InChI=1S/C33H47N7O2/c1-19(2)16-39(17-21-14-27(30(42)29(21)41)40-11-10-24-31(34)35-18-36-32(24)40)23-12-20(13-23)6-9-28-37-25-8-7-22(33(3,4)5)15-26(25)38-28/h7-8,10-11,15,18-21,23,27,29-30,41-42H,6,9,12-14,16-17H2,1-5H3,(H,37,38)(H2,34,35,36)/t20-,21-,23-,27-,29-,30+/m1/s1. The van der Waals surface area contributed by atoms with Crippen molar-refractivity contribution in [3.05, 3.63) is 48.2 Å². The Morgan fingerprint density at radius 1 is 1.10 bits per heavy atom. The molecule has 4 aromatic rings. The van der Waals surface area contributed by atoms with Crippen LogP contribution in [0.5, 0.6) is 0 Å². The quantitative estimate of drug-likeness (QED) is 0.226. The van der Waals surface area contributed by atoms with Crippen molar-refractivity contribution in [1.29, 1.82) is 0 Å². The highest BCUT2D eigenvalue weighted by atomic mass is 16.3. The van der Waals surface area contributed by atoms with E-state index in [0.29, 0.717) is 35.8 Å². The number of aromatic amines is 1. The fraction of sp³-hybridized carbons (Fsp3) is 0.606. The number of aromatic nitrogens is 5. The molecule has 2 saturated carbocycles. The second-order valence-electron chi connectivity index (χ2n) is 14.3. The Labute approximate surface area is 248 Å². The molecule has 226 valence electrons. The number of anilines is 1. The van der Waals surface area contributed by atoms with E-state index < -0.39 is 12.2 Å². The van der Waals surface area contributed by atoms with Gasteiger partial charge < -0.3 is 25.5 Å². The smallest absolute Gasteiger partial charge is 0.145 e. The van der Waals surface area contributed by atoms with E-state index in [1.54, 1.807) is 0 Å². The topological polar surface area (TPSA) is 129 Å². The van der Waals surface area contributed by atoms with Gasteiger partial charge in [-0.25, -0.2) is 15.0 Å². The predicted molar refractivity (Wildman–Crippen MR) is 167 cm³/mol. The molecule has 4 atom stereocenters. The van der Waals surface area contributed by atoms with Crippen LogP contribution in [0, 0.1) is 17.8 Å². The maximum atomic E-state index is 11.1. The molecule has 9 heteroatoms. The summed E-state index contributed by atoms with van der Waals surface area (Å²) in [6, 6.07) is 8.76. The number of fused-ring (bicyclic) bond motifs is 2. The van der Waals surface area contributed by atoms with Crippen molar-refractivity contribution in [2.24, 2.45) is 17.8 Å². The molecule has 3 heterocycles. The summed E-state index contributed by atoms with van der Waals surface area (Å²) < 4.78 is 1.97. The Bertz CT molecular complexity index is 1530. The van der Waals surface area contributed by atoms with Crippen LogP contribution in [0.2, 0.25) is 0 Å². The fourth-order valence-electron chi connectivity index (χ4n) is 7.18. The van der Waals surface area contributed by atoms with Crippen molar-refractivity contribution in [1.82, 2.24) is 29.4 Å². The van der Waals surface area contributed by atoms with Crippen LogP contribution in [-0.4, -0.2) is 71.0 Å². The SMILES string of the molecule is CC(C)CN(C[C@H]1C[C@@H](n2ccc3c(N)ncnc32)[C@H](O)[C@@H]1O)[C@H]1C[C@H](CCc2nc3cc(C(C)(C)C)ccc3[nH]2)C1. The van der Waals surface area contributed by atoms with Crippen molar-refractivity contribution >= 4 is 27.9 Å². The Morgan fingerprint density at radius 2 is 1.88 bits per heavy atom. The third-order valence-electron chi connectivity index (χ3n) is 9.65. The first-order valence-corrected chi connectivity index (χ1v) is 15.6. The monoisotopic (exact) mass is 573 g/mol. The summed E-state index contributed by atoms with van der Waals surface area (Å²) in [5.41, 5.74) is 10.4. The molecule has 0 aliphatic heterocycles. The van der Waals surface area contributed by atoms with Gasteiger partial charge in [-0.05, 0) is 66.7 Å². The zero-order valence-electron chi connectivity index (χ0n) is 25.7. The molecule has 1 aromatic carbocycles. The number of nitrogen functional groups attached to an aromatic ring is 1. The lowest BCUT2D eigenvalue weighted by atomic mass is 9.76. The first kappa shape index (κ1) is 29.1. The second-order valence-corrected chi connectivity index (χ2v) is 14.3. The summed E-state index contributed by atoms with van der Waals surface area (Å²) in [4.78, 5) is 19.5. The number of hydrogen-bond acceptors (Lipinski definition) is 7. The Balaban J connectivity index is 1.07. The van der Waals surface area contributed by atoms with Gasteiger partial charge in [0.1, 0.15) is 29.7 Å². The molecular formula is C33H47N7O2. The maximum Gasteiger partial charge on any atom is 0.145 e. The maximum absolute atomic E-state index is 11.1. The van der Waals surface area contributed by atoms with E-state index in [1.165, 1.54) is 24.7 Å². The van der Waals surface area contributed by atoms with Gasteiger partial charge in [-0.2, -0.15) is 0 Å². The molecule has 2 aliphatic rings. The van der Waals surface area contributed by atoms with E-state index in [9.17, 15) is 10.2 Å². The van der Waals surface area contributed by atoms with Gasteiger partial charge in [0, 0.05) is 37.7 Å². The van der Waals surface area contributed by atoms with Crippen LogP contribution in [0.15, 0.2) is 36.8 Å². The van der Waals surface area contributed by atoms with Gasteiger partial charge in [0.2, 0.25) is 0 Å². The van der Waals surface area contributed by atoms with Crippen LogP contribution in [0.25, 0.3) is 22.1 Å². The molecule has 6 rings (SSSR count). The summed E-state index contributed by atoms with van der Waals surface area (Å²) in [5, 5.41) is 23.0. The predicted octanol–water partition coefficient (Wildman–Crippen LogP) is 4.84. The average molecular weight is 574 g/mol. The number of rotatable bonds is 9. The van der Waals surface area contributed by atoms with Gasteiger partial charge >= 0.3 is 0 Å². The molecule has 3 aromatic heterocycles. The van der Waals surface area contributed by atoms with Crippen molar-refractivity contribution in [2.45, 2.75) is 96.4 Å². The van der Waals surface area contributed by atoms with Gasteiger partial charge in [-0.15, -0.1) is 0 Å². The average Bonchev–Trinajstić information content (AvgIpc) is 3.59. The summed E-state index contributed by atoms with van der Waals surface area (Å²) in [7, 11) is 0. The van der Waals surface area contributed by atoms with E-state index in [2.05, 4.69) is 72.7 Å². The third-order valence-corrected chi connectivity index (χ3v) is 9.65. The number of hydrogen-bond donors (Lipinski definition) is 4. The lowest BCUT2D eigenvalue weighted by Crippen LogP contribution is -2.49. The van der Waals surface area contributed by atoms with Gasteiger partial charge in [0.05, 0.1) is 28.6 Å². The number of nitrogens with one attached hydrogen (secondary N) is 1. The minimum Gasteiger partial charge on any atom is -0.390 e. The molecule has 2 aliphatic carbocycles. The number of imidazole rings is 1. The van der Waals surface area contributed by atoms with Crippen molar-refractivity contribution in [3.8, 4) is 0 Å². The molecular weight excluding hydrogens is 526 g/mol. The van der Waals surface area contributed by atoms with Gasteiger partial charge in [-0.3, -0.25) is 4.90 Å². The van der Waals surface area contributed by atoms with Crippen LogP contribution in [0.1, 0.15) is 77.7 Å². The molecule has 0 saturated heterocycles. The van der Waals surface area contributed by atoms with Crippen LogP contribution in [-0.2, 0) is 11.8 Å². The number of nitrogens with zero attached hydrogens (tertiary/aromatic N) is 5. The van der Waals surface area contributed by atoms with E-state index in [4.69, 9.17) is 10.7 Å². The first-order chi connectivity index (χ1) is 20.0. The zero-order chi connectivity index (χ0) is 29.8. The normalized spacial score (nSPS) is 26.6. The Hall–Kier alpha value is -3.01. The molecule has 5 N–H and O–H groups in total. The van der Waals surface area contributed by atoms with Gasteiger partial charge in [-0.1, -0.05) is 40.7 Å². The summed E-state index contributed by atoms with van der Waals surface area (Å²) in [5.74, 6) is 2.72. The van der Waals surface area contributed by atoms with Gasteiger partial charge in [0.25, 0.3) is 0 Å². The van der Waals surface area contributed by atoms with E-state index in [-0.39, 0.29) is 17.4 Å². The molecule has 2 fully saturated rings. The number of H-pyrrole nitrogens is 1. The number of aliphatic hydroxyl groups excluding tert-OH is 2. The lowest BCUT2D eigenvalue weighted by molar-refractivity contribution is -0.0132. The van der Waals surface area contributed by atoms with E-state index in [1.807, 2.05) is 16.8 Å². The summed E-state index contributed by atoms with van der Waals surface area (Å²) in [6.07, 6.45) is 6.90. The number of benzene rings is 1. The number of aliphatic hydroxyl groups is 2. The summed E-state index contributed by atoms with van der Waals surface area (Å²) >= 11 is 0. The summed E-state index contributed by atoms with van der Waals surface area (Å²) in [6.45, 7) is 13.0. The van der Waals surface area contributed by atoms with Crippen molar-refractivity contribution < 1.29 is 10.2 Å². The molecule has 9 nitrogen and oxygen atoms in total. The second kappa shape index (κ2) is 11.2. The zero-order valence-corrected chi connectivity index (χ0v) is 25.7. The molecule has 0 bridgehead atoms. The van der Waals surface area contributed by atoms with E-state index >= 15 is 0 Å². The third kappa shape index (κ3) is 5.66. The molecule has 42 heavy (non-hydrogen) atoms.